The van der Waals surface area contributed by atoms with Gasteiger partial charge in [-0.3, -0.25) is 0 Å². The van der Waals surface area contributed by atoms with Crippen LogP contribution < -0.4 is 5.73 Å². The van der Waals surface area contributed by atoms with Gasteiger partial charge in [-0.15, -0.1) is 0 Å². The van der Waals surface area contributed by atoms with Crippen LogP contribution in [0, 0.1) is 0 Å². The van der Waals surface area contributed by atoms with E-state index in [1.807, 2.05) is 0 Å². The van der Waals surface area contributed by atoms with Crippen molar-refractivity contribution in [3.05, 3.63) is 28.8 Å². The van der Waals surface area contributed by atoms with Gasteiger partial charge in [0.05, 0.1) is 16.8 Å². The number of unbranched alkanes of at least 4 members (excludes halogenated alkanes) is 15. The zero-order valence-corrected chi connectivity index (χ0v) is 19.5. The third kappa shape index (κ3) is 11.2. The molecule has 0 radical (unpaired) electrons. The third-order valence-corrected chi connectivity index (χ3v) is 6.08. The molecular weight excluding hydrogens is 390 g/mol. The van der Waals surface area contributed by atoms with Gasteiger partial charge in [0.2, 0.25) is 0 Å². The molecule has 176 valence electrons. The van der Waals surface area contributed by atoms with E-state index in [-0.39, 0.29) is 16.8 Å². The lowest BCUT2D eigenvalue weighted by atomic mass is 9.97. The molecule has 1 aromatic carbocycles. The van der Waals surface area contributed by atoms with E-state index in [1.54, 1.807) is 6.07 Å². The molecule has 0 aliphatic heterocycles. The Hall–Kier alpha value is -2.04. The average molecular weight is 434 g/mol. The van der Waals surface area contributed by atoms with Gasteiger partial charge in [-0.1, -0.05) is 109 Å². The maximum atomic E-state index is 11.4. The number of hydrogen-bond acceptors (Lipinski definition) is 3. The van der Waals surface area contributed by atoms with Gasteiger partial charge in [0.25, 0.3) is 0 Å². The molecule has 31 heavy (non-hydrogen) atoms. The molecule has 1 rings (SSSR count). The fraction of sp³-hybridized carbons (Fsp3) is 0.692. The molecule has 0 amide bonds. The number of aryl methyl sites for hydroxylation is 1. The number of aromatic carboxylic acids is 2. The number of rotatable bonds is 19. The SMILES string of the molecule is CCCCCCCCCCCCCCCCCCc1ccc(C(=O)O)c(C(=O)O)c1N. The highest BCUT2D eigenvalue weighted by atomic mass is 16.4. The zero-order chi connectivity index (χ0) is 22.9. The van der Waals surface area contributed by atoms with Gasteiger partial charge in [0.1, 0.15) is 0 Å². The fourth-order valence-corrected chi connectivity index (χ4v) is 4.15. The Bertz CT molecular complexity index is 657. The number of benzene rings is 1. The Labute approximate surface area is 188 Å². The van der Waals surface area contributed by atoms with Gasteiger partial charge >= 0.3 is 11.9 Å². The summed E-state index contributed by atoms with van der Waals surface area (Å²) in [5.74, 6) is -2.55. The van der Waals surface area contributed by atoms with Gasteiger partial charge < -0.3 is 15.9 Å². The monoisotopic (exact) mass is 433 g/mol. The van der Waals surface area contributed by atoms with Crippen LogP contribution in [0.5, 0.6) is 0 Å². The maximum absolute atomic E-state index is 11.4. The second-order valence-corrected chi connectivity index (χ2v) is 8.72. The fourth-order valence-electron chi connectivity index (χ4n) is 4.15. The molecule has 0 saturated heterocycles. The molecule has 0 aromatic heterocycles. The molecule has 5 nitrogen and oxygen atoms in total. The van der Waals surface area contributed by atoms with Crippen LogP contribution in [-0.4, -0.2) is 22.2 Å². The first kappa shape index (κ1) is 27.0. The van der Waals surface area contributed by atoms with Crippen molar-refractivity contribution < 1.29 is 19.8 Å². The molecular formula is C26H43NO4. The highest BCUT2D eigenvalue weighted by Crippen LogP contribution is 2.24. The van der Waals surface area contributed by atoms with Crippen LogP contribution in [0.25, 0.3) is 0 Å². The van der Waals surface area contributed by atoms with Crippen molar-refractivity contribution in [3.63, 3.8) is 0 Å². The number of anilines is 1. The molecule has 0 aliphatic carbocycles. The van der Waals surface area contributed by atoms with Gasteiger partial charge in [-0.05, 0) is 24.5 Å². The Morgan fingerprint density at radius 1 is 0.677 bits per heavy atom. The van der Waals surface area contributed by atoms with E-state index in [4.69, 9.17) is 10.8 Å². The normalized spacial score (nSPS) is 11.0. The van der Waals surface area contributed by atoms with Crippen molar-refractivity contribution in [2.24, 2.45) is 0 Å². The number of carboxylic acids is 2. The minimum absolute atomic E-state index is 0.0911. The third-order valence-electron chi connectivity index (χ3n) is 6.08. The predicted molar refractivity (Wildman–Crippen MR) is 128 cm³/mol. The van der Waals surface area contributed by atoms with Crippen LogP contribution >= 0.6 is 0 Å². The molecule has 0 saturated carbocycles. The lowest BCUT2D eigenvalue weighted by Gasteiger charge is -2.11. The van der Waals surface area contributed by atoms with E-state index >= 15 is 0 Å². The second-order valence-electron chi connectivity index (χ2n) is 8.72. The van der Waals surface area contributed by atoms with Crippen molar-refractivity contribution in [1.82, 2.24) is 0 Å². The zero-order valence-electron chi connectivity index (χ0n) is 19.5. The predicted octanol–water partition coefficient (Wildman–Crippen LogP) is 7.47. The first-order valence-corrected chi connectivity index (χ1v) is 12.4. The summed E-state index contributed by atoms with van der Waals surface area (Å²) in [6.07, 6.45) is 21.6. The minimum atomic E-state index is -1.29. The van der Waals surface area contributed by atoms with Crippen molar-refractivity contribution in [1.29, 1.82) is 0 Å². The summed E-state index contributed by atoms with van der Waals surface area (Å²) in [6, 6.07) is 3.00. The summed E-state index contributed by atoms with van der Waals surface area (Å²) in [5.41, 5.74) is 6.23. The first-order chi connectivity index (χ1) is 15.0. The lowest BCUT2D eigenvalue weighted by molar-refractivity contribution is 0.0652. The van der Waals surface area contributed by atoms with Crippen LogP contribution in [0.4, 0.5) is 5.69 Å². The van der Waals surface area contributed by atoms with Crippen molar-refractivity contribution in [3.8, 4) is 0 Å². The molecule has 0 aliphatic rings. The number of hydrogen-bond donors (Lipinski definition) is 3. The van der Waals surface area contributed by atoms with E-state index in [1.165, 1.54) is 96.0 Å². The van der Waals surface area contributed by atoms with Gasteiger partial charge in [-0.2, -0.15) is 0 Å². The molecule has 0 heterocycles. The maximum Gasteiger partial charge on any atom is 0.338 e. The van der Waals surface area contributed by atoms with E-state index in [0.717, 1.165) is 18.4 Å². The largest absolute Gasteiger partial charge is 0.478 e. The first-order valence-electron chi connectivity index (χ1n) is 12.4. The minimum Gasteiger partial charge on any atom is -0.478 e. The van der Waals surface area contributed by atoms with Gasteiger partial charge in [0, 0.05) is 0 Å². The van der Waals surface area contributed by atoms with E-state index in [9.17, 15) is 14.7 Å². The molecule has 0 bridgehead atoms. The quantitative estimate of drug-likeness (QED) is 0.155. The smallest absolute Gasteiger partial charge is 0.338 e. The standard InChI is InChI=1S/C26H43NO4/c1-2-3-4-5-6-7-8-9-10-11-12-13-14-15-16-17-18-21-19-20-22(25(28)29)23(24(21)27)26(30)31/h19-20H,2-18,27H2,1H3,(H,28,29)(H,30,31). The Balaban J connectivity index is 2.06. The van der Waals surface area contributed by atoms with Crippen molar-refractivity contribution in [2.75, 3.05) is 5.73 Å². The van der Waals surface area contributed by atoms with Crippen LogP contribution in [0.1, 0.15) is 136 Å². The number of nitrogen functional groups attached to an aromatic ring is 1. The molecule has 1 aromatic rings. The summed E-state index contributed by atoms with van der Waals surface area (Å²) in [6.45, 7) is 2.26. The molecule has 0 fully saturated rings. The van der Waals surface area contributed by atoms with Crippen LogP contribution in [-0.2, 0) is 6.42 Å². The Morgan fingerprint density at radius 2 is 1.10 bits per heavy atom. The summed E-state index contributed by atoms with van der Waals surface area (Å²) < 4.78 is 0. The molecule has 0 spiro atoms. The second kappa shape index (κ2) is 16.6. The van der Waals surface area contributed by atoms with Gasteiger partial charge in [0.15, 0.2) is 0 Å². The summed E-state index contributed by atoms with van der Waals surface area (Å²) in [5, 5.41) is 18.4. The van der Waals surface area contributed by atoms with E-state index in [2.05, 4.69) is 6.92 Å². The highest BCUT2D eigenvalue weighted by Gasteiger charge is 2.21. The topological polar surface area (TPSA) is 101 Å². The highest BCUT2D eigenvalue weighted by molar-refractivity contribution is 6.05. The molecule has 0 atom stereocenters. The molecule has 5 heteroatoms. The average Bonchev–Trinajstić information content (AvgIpc) is 2.73. The Kier molecular flexibility index (Phi) is 14.5. The van der Waals surface area contributed by atoms with Crippen molar-refractivity contribution in [2.45, 2.75) is 116 Å². The van der Waals surface area contributed by atoms with E-state index < -0.39 is 11.9 Å². The van der Waals surface area contributed by atoms with Gasteiger partial charge in [-0.25, -0.2) is 9.59 Å². The lowest BCUT2D eigenvalue weighted by Crippen LogP contribution is -2.13. The number of carboxylic acid groups (broad SMARTS) is 2. The van der Waals surface area contributed by atoms with Crippen LogP contribution in [0.2, 0.25) is 0 Å². The summed E-state index contributed by atoms with van der Waals surface area (Å²) >= 11 is 0. The summed E-state index contributed by atoms with van der Waals surface area (Å²) in [7, 11) is 0. The van der Waals surface area contributed by atoms with Crippen LogP contribution in [0.3, 0.4) is 0 Å². The number of nitrogens with two attached hydrogens (primary N) is 1. The molecule has 4 N–H and O–H groups in total. The number of carbonyl (C=O) groups is 2. The molecule has 0 unspecified atom stereocenters. The van der Waals surface area contributed by atoms with E-state index in [0.29, 0.717) is 6.42 Å². The Morgan fingerprint density at radius 3 is 1.48 bits per heavy atom. The van der Waals surface area contributed by atoms with Crippen molar-refractivity contribution >= 4 is 17.6 Å². The van der Waals surface area contributed by atoms with Crippen LogP contribution in [0.15, 0.2) is 12.1 Å². The summed E-state index contributed by atoms with van der Waals surface area (Å²) in [4.78, 5) is 22.6.